The summed E-state index contributed by atoms with van der Waals surface area (Å²) in [5, 5.41) is 11.5. The Kier molecular flexibility index (Phi) is 4.34. The average molecular weight is 315 g/mol. The van der Waals surface area contributed by atoms with Gasteiger partial charge in [0.15, 0.2) is 0 Å². The van der Waals surface area contributed by atoms with Gasteiger partial charge >= 0.3 is 5.97 Å². The lowest BCUT2D eigenvalue weighted by Gasteiger charge is -2.19. The molecule has 98 valence electrons. The molecular formula is C12H15BrN2O3. The number of aliphatic carboxylic acids is 1. The van der Waals surface area contributed by atoms with Crippen molar-refractivity contribution in [1.29, 1.82) is 0 Å². The van der Waals surface area contributed by atoms with Crippen molar-refractivity contribution in [2.45, 2.75) is 13.8 Å². The Hall–Kier alpha value is -1.56. The number of halogens is 1. The summed E-state index contributed by atoms with van der Waals surface area (Å²) in [4.78, 5) is 22.7. The molecule has 4 N–H and O–H groups in total. The molecule has 0 aliphatic carbocycles. The van der Waals surface area contributed by atoms with Gasteiger partial charge < -0.3 is 16.2 Å². The van der Waals surface area contributed by atoms with E-state index in [1.165, 1.54) is 6.07 Å². The average Bonchev–Trinajstić information content (AvgIpc) is 2.24. The minimum absolute atomic E-state index is 0.0492. The van der Waals surface area contributed by atoms with Gasteiger partial charge in [-0.05, 0) is 32.0 Å². The number of carboxylic acid groups (broad SMARTS) is 1. The second-order valence-electron chi connectivity index (χ2n) is 4.64. The van der Waals surface area contributed by atoms with Crippen molar-refractivity contribution >= 4 is 33.5 Å². The number of hydrogen-bond donors (Lipinski definition) is 3. The third-order valence-corrected chi connectivity index (χ3v) is 2.91. The Morgan fingerprint density at radius 2 is 2.00 bits per heavy atom. The van der Waals surface area contributed by atoms with Crippen molar-refractivity contribution in [2.75, 3.05) is 12.3 Å². The number of nitrogen functional groups attached to an aromatic ring is 1. The molecule has 0 bridgehead atoms. The second kappa shape index (κ2) is 5.39. The Labute approximate surface area is 113 Å². The van der Waals surface area contributed by atoms with Crippen LogP contribution < -0.4 is 11.1 Å². The molecule has 18 heavy (non-hydrogen) atoms. The molecule has 0 spiro atoms. The Bertz CT molecular complexity index is 466. The summed E-state index contributed by atoms with van der Waals surface area (Å²) in [5.41, 5.74) is 5.47. The van der Waals surface area contributed by atoms with Crippen LogP contribution in [0, 0.1) is 5.41 Å². The highest BCUT2D eigenvalue weighted by molar-refractivity contribution is 9.10. The van der Waals surface area contributed by atoms with Crippen molar-refractivity contribution in [3.05, 3.63) is 28.2 Å². The highest BCUT2D eigenvalue weighted by Crippen LogP contribution is 2.18. The summed E-state index contributed by atoms with van der Waals surface area (Å²) < 4.78 is 0.699. The van der Waals surface area contributed by atoms with E-state index in [0.717, 1.165) is 0 Å². The van der Waals surface area contributed by atoms with Crippen LogP contribution in [-0.4, -0.2) is 23.5 Å². The molecular weight excluding hydrogens is 300 g/mol. The molecule has 5 nitrogen and oxygen atoms in total. The summed E-state index contributed by atoms with van der Waals surface area (Å²) in [6, 6.07) is 4.84. The number of carboxylic acids is 1. The van der Waals surface area contributed by atoms with Crippen LogP contribution in [0.2, 0.25) is 0 Å². The number of rotatable bonds is 4. The SMILES string of the molecule is CC(C)(CNC(=O)c1cc(N)cc(Br)c1)C(=O)O. The first-order valence-corrected chi connectivity index (χ1v) is 6.09. The second-order valence-corrected chi connectivity index (χ2v) is 5.56. The number of benzene rings is 1. The van der Waals surface area contributed by atoms with Gasteiger partial charge in [-0.3, -0.25) is 9.59 Å². The number of amides is 1. The van der Waals surface area contributed by atoms with Gasteiger partial charge in [0.05, 0.1) is 5.41 Å². The van der Waals surface area contributed by atoms with Gasteiger partial charge in [-0.2, -0.15) is 0 Å². The zero-order valence-corrected chi connectivity index (χ0v) is 11.7. The van der Waals surface area contributed by atoms with Gasteiger partial charge in [-0.1, -0.05) is 15.9 Å². The molecule has 0 atom stereocenters. The van der Waals surface area contributed by atoms with Crippen molar-refractivity contribution in [3.8, 4) is 0 Å². The maximum atomic E-state index is 11.8. The minimum atomic E-state index is -1.01. The van der Waals surface area contributed by atoms with E-state index in [-0.39, 0.29) is 12.5 Å². The molecule has 0 aliphatic rings. The lowest BCUT2D eigenvalue weighted by molar-refractivity contribution is -0.146. The van der Waals surface area contributed by atoms with Crippen LogP contribution in [-0.2, 0) is 4.79 Å². The molecule has 0 heterocycles. The Morgan fingerprint density at radius 3 is 2.50 bits per heavy atom. The minimum Gasteiger partial charge on any atom is -0.481 e. The third-order valence-electron chi connectivity index (χ3n) is 2.45. The van der Waals surface area contributed by atoms with Crippen LogP contribution in [0.15, 0.2) is 22.7 Å². The highest BCUT2D eigenvalue weighted by atomic mass is 79.9. The van der Waals surface area contributed by atoms with E-state index in [0.29, 0.717) is 15.7 Å². The first-order chi connectivity index (χ1) is 8.22. The zero-order valence-electron chi connectivity index (χ0n) is 10.2. The van der Waals surface area contributed by atoms with E-state index in [9.17, 15) is 9.59 Å². The number of hydrogen-bond acceptors (Lipinski definition) is 3. The van der Waals surface area contributed by atoms with E-state index >= 15 is 0 Å². The number of carbonyl (C=O) groups is 2. The highest BCUT2D eigenvalue weighted by Gasteiger charge is 2.27. The van der Waals surface area contributed by atoms with E-state index in [1.54, 1.807) is 26.0 Å². The third kappa shape index (κ3) is 3.73. The van der Waals surface area contributed by atoms with E-state index in [2.05, 4.69) is 21.2 Å². The van der Waals surface area contributed by atoms with Gasteiger partial charge in [0, 0.05) is 22.3 Å². The molecule has 1 aromatic carbocycles. The molecule has 0 radical (unpaired) electrons. The fourth-order valence-corrected chi connectivity index (χ4v) is 1.73. The van der Waals surface area contributed by atoms with Crippen molar-refractivity contribution in [1.82, 2.24) is 5.32 Å². The quantitative estimate of drug-likeness (QED) is 0.740. The maximum Gasteiger partial charge on any atom is 0.310 e. The van der Waals surface area contributed by atoms with E-state index in [1.807, 2.05) is 0 Å². The number of carbonyl (C=O) groups excluding carboxylic acids is 1. The van der Waals surface area contributed by atoms with Crippen LogP contribution in [0.5, 0.6) is 0 Å². The predicted octanol–water partition coefficient (Wildman–Crippen LogP) is 1.87. The molecule has 1 rings (SSSR count). The molecule has 0 saturated heterocycles. The molecule has 1 aromatic rings. The topological polar surface area (TPSA) is 92.4 Å². The lowest BCUT2D eigenvalue weighted by atomic mass is 9.94. The standard InChI is InChI=1S/C12H15BrN2O3/c1-12(2,11(17)18)6-15-10(16)7-3-8(13)5-9(14)4-7/h3-5H,6,14H2,1-2H3,(H,15,16)(H,17,18). The molecule has 0 fully saturated rings. The van der Waals surface area contributed by atoms with Crippen molar-refractivity contribution in [3.63, 3.8) is 0 Å². The largest absolute Gasteiger partial charge is 0.481 e. The van der Waals surface area contributed by atoms with Crippen LogP contribution in [0.3, 0.4) is 0 Å². The number of nitrogens with one attached hydrogen (secondary N) is 1. The monoisotopic (exact) mass is 314 g/mol. The first kappa shape index (κ1) is 14.5. The van der Waals surface area contributed by atoms with Crippen LogP contribution in [0.4, 0.5) is 5.69 Å². The number of nitrogens with two attached hydrogens (primary N) is 1. The Morgan fingerprint density at radius 1 is 1.39 bits per heavy atom. The first-order valence-electron chi connectivity index (χ1n) is 5.30. The van der Waals surface area contributed by atoms with Crippen LogP contribution in [0.25, 0.3) is 0 Å². The molecule has 1 amide bonds. The fraction of sp³-hybridized carbons (Fsp3) is 0.333. The number of anilines is 1. The fourth-order valence-electron chi connectivity index (χ4n) is 1.22. The van der Waals surface area contributed by atoms with Gasteiger partial charge in [-0.15, -0.1) is 0 Å². The normalized spacial score (nSPS) is 11.1. The molecule has 6 heteroatoms. The van der Waals surface area contributed by atoms with Gasteiger partial charge in [0.1, 0.15) is 0 Å². The van der Waals surface area contributed by atoms with Crippen LogP contribution >= 0.6 is 15.9 Å². The molecule has 0 unspecified atom stereocenters. The van der Waals surface area contributed by atoms with Gasteiger partial charge in [0.25, 0.3) is 5.91 Å². The van der Waals surface area contributed by atoms with Gasteiger partial charge in [0.2, 0.25) is 0 Å². The smallest absolute Gasteiger partial charge is 0.310 e. The molecule has 0 saturated carbocycles. The predicted molar refractivity (Wildman–Crippen MR) is 72.3 cm³/mol. The summed E-state index contributed by atoms with van der Waals surface area (Å²) in [6.07, 6.45) is 0. The van der Waals surface area contributed by atoms with E-state index in [4.69, 9.17) is 10.8 Å². The molecule has 0 aromatic heterocycles. The zero-order chi connectivity index (χ0) is 13.9. The summed E-state index contributed by atoms with van der Waals surface area (Å²) in [7, 11) is 0. The molecule has 0 aliphatic heterocycles. The Balaban J connectivity index is 2.75. The van der Waals surface area contributed by atoms with Gasteiger partial charge in [-0.25, -0.2) is 0 Å². The summed E-state index contributed by atoms with van der Waals surface area (Å²) >= 11 is 3.24. The van der Waals surface area contributed by atoms with E-state index < -0.39 is 11.4 Å². The maximum absolute atomic E-state index is 11.8. The van der Waals surface area contributed by atoms with Crippen molar-refractivity contribution < 1.29 is 14.7 Å². The van der Waals surface area contributed by atoms with Crippen LogP contribution in [0.1, 0.15) is 24.2 Å². The lowest BCUT2D eigenvalue weighted by Crippen LogP contribution is -2.38. The summed E-state index contributed by atoms with van der Waals surface area (Å²) in [6.45, 7) is 3.14. The van der Waals surface area contributed by atoms with Crippen molar-refractivity contribution in [2.24, 2.45) is 5.41 Å². The summed E-state index contributed by atoms with van der Waals surface area (Å²) in [5.74, 6) is -1.31.